The summed E-state index contributed by atoms with van der Waals surface area (Å²) in [6, 6.07) is 11.5. The maximum absolute atomic E-state index is 13.7. The van der Waals surface area contributed by atoms with Crippen molar-refractivity contribution in [3.8, 4) is 5.75 Å². The second-order valence-corrected chi connectivity index (χ2v) is 11.8. The third-order valence-electron chi connectivity index (χ3n) is 8.03. The molecule has 0 spiro atoms. The molecule has 46 heavy (non-hydrogen) atoms. The van der Waals surface area contributed by atoms with Gasteiger partial charge in [-0.25, -0.2) is 4.98 Å². The van der Waals surface area contributed by atoms with Gasteiger partial charge in [-0.1, -0.05) is 44.2 Å². The maximum Gasteiger partial charge on any atom is 0.273 e. The van der Waals surface area contributed by atoms with Crippen molar-refractivity contribution in [3.63, 3.8) is 0 Å². The number of anilines is 1. The lowest BCUT2D eigenvalue weighted by Crippen LogP contribution is -2.56. The number of hydrogen-bond acceptors (Lipinski definition) is 8. The molecule has 5 rings (SSSR count). The summed E-state index contributed by atoms with van der Waals surface area (Å²) >= 11 is 0. The Hall–Kier alpha value is -5.20. The Kier molecular flexibility index (Phi) is 9.99. The van der Waals surface area contributed by atoms with E-state index < -0.39 is 41.8 Å². The van der Waals surface area contributed by atoms with Gasteiger partial charge in [-0.15, -0.1) is 0 Å². The van der Waals surface area contributed by atoms with E-state index in [1.165, 1.54) is 17.2 Å². The number of benzene rings is 2. The molecule has 3 aromatic rings. The Balaban J connectivity index is 1.38. The van der Waals surface area contributed by atoms with Crippen molar-refractivity contribution < 1.29 is 33.1 Å². The first-order chi connectivity index (χ1) is 22.1. The summed E-state index contributed by atoms with van der Waals surface area (Å²) in [7, 11) is 1.60. The lowest BCUT2D eigenvalue weighted by molar-refractivity contribution is -0.131. The number of aromatic nitrogens is 1. The molecule has 2 bridgehead atoms. The number of carbonyl (C=O) groups excluding carboxylic acids is 5. The van der Waals surface area contributed by atoms with Crippen LogP contribution < -0.4 is 30.9 Å². The fourth-order valence-electron chi connectivity index (χ4n) is 5.34. The summed E-state index contributed by atoms with van der Waals surface area (Å²) in [5.74, 6) is -1.86. The van der Waals surface area contributed by atoms with E-state index in [2.05, 4.69) is 26.3 Å². The van der Waals surface area contributed by atoms with Crippen LogP contribution in [0.2, 0.25) is 0 Å². The van der Waals surface area contributed by atoms with Gasteiger partial charge in [0.05, 0.1) is 5.69 Å². The molecule has 0 aliphatic carbocycles. The van der Waals surface area contributed by atoms with Gasteiger partial charge in [-0.3, -0.25) is 24.0 Å². The van der Waals surface area contributed by atoms with Crippen molar-refractivity contribution in [3.05, 3.63) is 77.5 Å². The number of amides is 5. The maximum atomic E-state index is 13.7. The highest BCUT2D eigenvalue weighted by Gasteiger charge is 2.32. The molecule has 1 aromatic heterocycles. The van der Waals surface area contributed by atoms with Crippen LogP contribution in [0.15, 0.2) is 59.2 Å². The minimum atomic E-state index is -0.983. The minimum absolute atomic E-state index is 0.0892. The Morgan fingerprint density at radius 2 is 1.83 bits per heavy atom. The summed E-state index contributed by atoms with van der Waals surface area (Å²) in [6.45, 7) is 3.84. The number of rotatable bonds is 5. The van der Waals surface area contributed by atoms with Crippen molar-refractivity contribution >= 4 is 35.2 Å². The number of hydrogen-bond donors (Lipinski definition) is 4. The molecule has 242 valence electrons. The van der Waals surface area contributed by atoms with E-state index in [9.17, 15) is 24.0 Å². The topological polar surface area (TPSA) is 172 Å². The number of ether oxygens (including phenoxy) is 1. The molecule has 0 fully saturated rings. The van der Waals surface area contributed by atoms with Gasteiger partial charge < -0.3 is 35.3 Å². The summed E-state index contributed by atoms with van der Waals surface area (Å²) in [5, 5.41) is 11.4. The van der Waals surface area contributed by atoms with Gasteiger partial charge in [0.25, 0.3) is 17.7 Å². The highest BCUT2D eigenvalue weighted by Crippen LogP contribution is 2.32. The van der Waals surface area contributed by atoms with Crippen LogP contribution >= 0.6 is 0 Å². The van der Waals surface area contributed by atoms with Crippen molar-refractivity contribution in [2.45, 2.75) is 57.7 Å². The van der Waals surface area contributed by atoms with Crippen LogP contribution in [0.4, 0.5) is 5.69 Å². The monoisotopic (exact) mass is 630 g/mol. The van der Waals surface area contributed by atoms with E-state index in [0.29, 0.717) is 37.2 Å². The van der Waals surface area contributed by atoms with E-state index in [1.807, 2.05) is 44.2 Å². The summed E-state index contributed by atoms with van der Waals surface area (Å²) in [5.41, 5.74) is 1.68. The number of fused-ring (bicyclic) bond motifs is 3. The molecular formula is C33H38N6O7. The molecular weight excluding hydrogens is 592 g/mol. The van der Waals surface area contributed by atoms with Gasteiger partial charge >= 0.3 is 0 Å². The van der Waals surface area contributed by atoms with Gasteiger partial charge in [0, 0.05) is 25.6 Å². The number of likely N-dealkylation sites (N-methyl/N-ethyl adjacent to an activating group) is 1. The SMILES string of the molecule is CC(C)[C@@H]1NC(=O)[C@@H](NC(=O)c2ccc3c(c2)N(C)C(=O)CO3)CCCCNC(=O)c2coc(n2)[C@@H](Cc2ccccc2)NC1=O. The first-order valence-corrected chi connectivity index (χ1v) is 15.3. The van der Waals surface area contributed by atoms with Crippen LogP contribution in [0.3, 0.4) is 0 Å². The van der Waals surface area contributed by atoms with E-state index in [-0.39, 0.29) is 42.0 Å². The largest absolute Gasteiger partial charge is 0.482 e. The number of oxazole rings is 1. The molecule has 0 saturated heterocycles. The first kappa shape index (κ1) is 32.2. The van der Waals surface area contributed by atoms with Crippen molar-refractivity contribution in [2.24, 2.45) is 5.92 Å². The lowest BCUT2D eigenvalue weighted by atomic mass is 10.00. The Labute approximate surface area is 266 Å². The predicted octanol–water partition coefficient (Wildman–Crippen LogP) is 2.28. The van der Waals surface area contributed by atoms with E-state index in [4.69, 9.17) is 9.15 Å². The number of carbonyl (C=O) groups is 5. The van der Waals surface area contributed by atoms with Crippen molar-refractivity contribution in [2.75, 3.05) is 25.1 Å². The number of nitrogens with zero attached hydrogens (tertiary/aromatic N) is 2. The average Bonchev–Trinajstić information content (AvgIpc) is 3.54. The molecule has 2 aromatic carbocycles. The molecule has 3 atom stereocenters. The van der Waals surface area contributed by atoms with Gasteiger partial charge in [-0.2, -0.15) is 0 Å². The van der Waals surface area contributed by atoms with Gasteiger partial charge in [0.1, 0.15) is 30.1 Å². The summed E-state index contributed by atoms with van der Waals surface area (Å²) in [4.78, 5) is 71.5. The van der Waals surface area contributed by atoms with Crippen LogP contribution in [0, 0.1) is 5.92 Å². The fourth-order valence-corrected chi connectivity index (χ4v) is 5.34. The van der Waals surface area contributed by atoms with E-state index >= 15 is 0 Å². The molecule has 2 aliphatic heterocycles. The zero-order chi connectivity index (χ0) is 32.8. The average molecular weight is 631 g/mol. The predicted molar refractivity (Wildman–Crippen MR) is 167 cm³/mol. The molecule has 13 heteroatoms. The third-order valence-corrected chi connectivity index (χ3v) is 8.03. The zero-order valence-corrected chi connectivity index (χ0v) is 26.0. The molecule has 4 N–H and O–H groups in total. The smallest absolute Gasteiger partial charge is 0.273 e. The second kappa shape index (κ2) is 14.3. The van der Waals surface area contributed by atoms with Crippen molar-refractivity contribution in [1.82, 2.24) is 26.3 Å². The van der Waals surface area contributed by atoms with Crippen LogP contribution in [0.25, 0.3) is 0 Å². The highest BCUT2D eigenvalue weighted by atomic mass is 16.5. The molecule has 3 heterocycles. The van der Waals surface area contributed by atoms with Gasteiger partial charge in [0.2, 0.25) is 17.7 Å². The van der Waals surface area contributed by atoms with Gasteiger partial charge in [-0.05, 0) is 48.9 Å². The summed E-state index contributed by atoms with van der Waals surface area (Å²) < 4.78 is 11.1. The van der Waals surface area contributed by atoms with Crippen LogP contribution in [0.5, 0.6) is 5.75 Å². The van der Waals surface area contributed by atoms with E-state index in [1.54, 1.807) is 19.2 Å². The fraction of sp³-hybridized carbons (Fsp3) is 0.394. The Bertz CT molecular complexity index is 1600. The van der Waals surface area contributed by atoms with Crippen LogP contribution in [-0.4, -0.2) is 66.8 Å². The molecule has 0 radical (unpaired) electrons. The van der Waals surface area contributed by atoms with Crippen LogP contribution in [-0.2, 0) is 20.8 Å². The van der Waals surface area contributed by atoms with E-state index in [0.717, 1.165) is 5.56 Å². The quantitative estimate of drug-likeness (QED) is 0.333. The summed E-state index contributed by atoms with van der Waals surface area (Å²) in [6.07, 6.45) is 2.84. The molecule has 2 aliphatic rings. The highest BCUT2D eigenvalue weighted by molar-refractivity contribution is 6.02. The molecule has 0 saturated carbocycles. The Morgan fingerprint density at radius 1 is 1.04 bits per heavy atom. The van der Waals surface area contributed by atoms with Crippen molar-refractivity contribution in [1.29, 1.82) is 0 Å². The third kappa shape index (κ3) is 7.53. The molecule has 0 unspecified atom stereocenters. The minimum Gasteiger partial charge on any atom is -0.482 e. The first-order valence-electron chi connectivity index (χ1n) is 15.3. The zero-order valence-electron chi connectivity index (χ0n) is 26.0. The van der Waals surface area contributed by atoms with Crippen LogP contribution in [0.1, 0.15) is 71.5 Å². The number of nitrogens with one attached hydrogen (secondary N) is 4. The molecule has 5 amide bonds. The lowest BCUT2D eigenvalue weighted by Gasteiger charge is -2.28. The second-order valence-electron chi connectivity index (χ2n) is 11.8. The standard InChI is InChI=1S/C33H38N6O7/c1-19(2)28-32(44)36-23(15-20-9-5-4-6-10-20)33-37-24(17-46-33)30(42)34-14-8-7-11-22(31(43)38-28)35-29(41)21-12-13-26-25(16-21)39(3)27(40)18-45-26/h4-6,9-10,12-13,16-17,19,22-23,28H,7-8,11,14-15,18H2,1-3H3,(H,34,42)(H,35,41)(H,36,44)(H,38,43)/t22-,23+,28-/m0/s1. The normalized spacial score (nSPS) is 21.0. The Morgan fingerprint density at radius 3 is 2.59 bits per heavy atom. The van der Waals surface area contributed by atoms with Gasteiger partial charge in [0.15, 0.2) is 12.3 Å². The molecule has 13 nitrogen and oxygen atoms in total.